The number of imidazole rings is 1. The van der Waals surface area contributed by atoms with Gasteiger partial charge in [0.2, 0.25) is 15.0 Å². The highest BCUT2D eigenvalue weighted by molar-refractivity contribution is 7.91. The third-order valence-corrected chi connectivity index (χ3v) is 6.03. The number of carbonyl (C=O) groups excluding carboxylic acids is 1. The van der Waals surface area contributed by atoms with Gasteiger partial charge >= 0.3 is 5.97 Å². The Balaban J connectivity index is 2.21. The van der Waals surface area contributed by atoms with Gasteiger partial charge in [0.1, 0.15) is 0 Å². The summed E-state index contributed by atoms with van der Waals surface area (Å²) in [6.45, 7) is 5.63. The van der Waals surface area contributed by atoms with Gasteiger partial charge in [0, 0.05) is 13.2 Å². The van der Waals surface area contributed by atoms with Crippen LogP contribution in [-0.4, -0.2) is 67.5 Å². The van der Waals surface area contributed by atoms with E-state index in [1.165, 1.54) is 0 Å². The van der Waals surface area contributed by atoms with Gasteiger partial charge in [0.25, 0.3) is 0 Å². The van der Waals surface area contributed by atoms with Gasteiger partial charge in [-0.2, -0.15) is 0 Å². The van der Waals surface area contributed by atoms with Gasteiger partial charge in [-0.25, -0.2) is 13.4 Å². The van der Waals surface area contributed by atoms with Crippen LogP contribution in [0.1, 0.15) is 38.8 Å². The molecule has 0 saturated carbocycles. The van der Waals surface area contributed by atoms with Crippen LogP contribution < -0.4 is 0 Å². The Morgan fingerprint density at radius 3 is 2.85 bits per heavy atom. The summed E-state index contributed by atoms with van der Waals surface area (Å²) in [7, 11) is -1.65. The van der Waals surface area contributed by atoms with E-state index >= 15 is 0 Å². The maximum Gasteiger partial charge on any atom is 0.320 e. The average molecular weight is 388 g/mol. The zero-order chi connectivity index (χ0) is 19.2. The van der Waals surface area contributed by atoms with Crippen molar-refractivity contribution in [1.29, 1.82) is 0 Å². The third kappa shape index (κ3) is 5.52. The van der Waals surface area contributed by atoms with E-state index in [1.807, 2.05) is 6.92 Å². The second-order valence-corrected chi connectivity index (χ2v) is 8.58. The number of hydrogen-bond donors (Lipinski definition) is 0. The fourth-order valence-electron chi connectivity index (χ4n) is 3.07. The quantitative estimate of drug-likeness (QED) is 0.558. The molecule has 1 saturated heterocycles. The maximum atomic E-state index is 12.6. The van der Waals surface area contributed by atoms with Crippen LogP contribution in [0.15, 0.2) is 11.4 Å². The fourth-order valence-corrected chi connectivity index (χ4v) is 4.53. The van der Waals surface area contributed by atoms with E-state index in [4.69, 9.17) is 9.47 Å². The second kappa shape index (κ2) is 9.48. The molecule has 8 nitrogen and oxygen atoms in total. The summed E-state index contributed by atoms with van der Waals surface area (Å²) in [6.07, 6.45) is 4.00. The smallest absolute Gasteiger partial charge is 0.320 e. The largest absolute Gasteiger partial charge is 0.465 e. The van der Waals surface area contributed by atoms with Crippen molar-refractivity contribution in [2.45, 2.75) is 57.5 Å². The van der Waals surface area contributed by atoms with Crippen molar-refractivity contribution in [1.82, 2.24) is 14.5 Å². The normalized spacial score (nSPS) is 17.8. The molecule has 26 heavy (non-hydrogen) atoms. The molecule has 1 aromatic rings. The minimum Gasteiger partial charge on any atom is -0.465 e. The molecule has 1 fully saturated rings. The lowest BCUT2D eigenvalue weighted by Crippen LogP contribution is -2.29. The third-order valence-electron chi connectivity index (χ3n) is 4.20. The van der Waals surface area contributed by atoms with Crippen LogP contribution in [0.3, 0.4) is 0 Å². The number of esters is 1. The first-order chi connectivity index (χ1) is 12.4. The van der Waals surface area contributed by atoms with Crippen LogP contribution in [0.4, 0.5) is 0 Å². The number of sulfone groups is 1. The van der Waals surface area contributed by atoms with Crippen LogP contribution in [0.2, 0.25) is 0 Å². The molecule has 2 heterocycles. The van der Waals surface area contributed by atoms with Gasteiger partial charge < -0.3 is 14.0 Å². The topological polar surface area (TPSA) is 90.7 Å². The molecule has 0 spiro atoms. The number of aromatic nitrogens is 2. The molecule has 9 heteroatoms. The molecule has 0 N–H and O–H groups in total. The summed E-state index contributed by atoms with van der Waals surface area (Å²) in [5.74, 6) is -0.243. The highest BCUT2D eigenvalue weighted by Gasteiger charge is 2.26. The van der Waals surface area contributed by atoms with Crippen molar-refractivity contribution in [3.63, 3.8) is 0 Å². The van der Waals surface area contributed by atoms with Gasteiger partial charge in [-0.1, -0.05) is 6.92 Å². The number of hydrogen-bond acceptors (Lipinski definition) is 7. The van der Waals surface area contributed by atoms with Crippen molar-refractivity contribution in [3.05, 3.63) is 11.9 Å². The van der Waals surface area contributed by atoms with Crippen molar-refractivity contribution in [3.8, 4) is 0 Å². The van der Waals surface area contributed by atoms with Gasteiger partial charge in [-0.05, 0) is 33.2 Å². The van der Waals surface area contributed by atoms with E-state index in [0.29, 0.717) is 32.7 Å². The van der Waals surface area contributed by atoms with Gasteiger partial charge in [-0.15, -0.1) is 0 Å². The van der Waals surface area contributed by atoms with E-state index < -0.39 is 9.84 Å². The lowest BCUT2D eigenvalue weighted by molar-refractivity contribution is -0.144. The van der Waals surface area contributed by atoms with E-state index in [2.05, 4.69) is 4.98 Å². The zero-order valence-corrected chi connectivity index (χ0v) is 16.6. The lowest BCUT2D eigenvalue weighted by atomic mass is 10.2. The molecule has 0 aromatic carbocycles. The predicted molar refractivity (Wildman–Crippen MR) is 96.5 cm³/mol. The van der Waals surface area contributed by atoms with E-state index in [9.17, 15) is 13.2 Å². The van der Waals surface area contributed by atoms with E-state index in [-0.39, 0.29) is 29.5 Å². The molecule has 2 rings (SSSR count). The fraction of sp³-hybridized carbons (Fsp3) is 0.765. The number of nitrogens with zero attached hydrogens (tertiary/aromatic N) is 3. The van der Waals surface area contributed by atoms with Crippen LogP contribution in [0.5, 0.6) is 0 Å². The molecule has 0 amide bonds. The second-order valence-electron chi connectivity index (χ2n) is 6.57. The highest BCUT2D eigenvalue weighted by Crippen LogP contribution is 2.20. The summed E-state index contributed by atoms with van der Waals surface area (Å²) in [5.41, 5.74) is 0.752. The Labute approximate surface area is 155 Å². The zero-order valence-electron chi connectivity index (χ0n) is 15.8. The average Bonchev–Trinajstić information content (AvgIpc) is 3.19. The standard InChI is InChI=1S/C17H29N3O5S/c1-4-9-26(22,23)17-18-10-14(11-19(3)13-16(21)24-5-2)20(17)12-15-7-6-8-25-15/h10,15H,4-9,11-13H2,1-3H3/t15-/m1/s1. The predicted octanol–water partition coefficient (Wildman–Crippen LogP) is 1.24. The van der Waals surface area contributed by atoms with Crippen molar-refractivity contribution >= 4 is 15.8 Å². The monoisotopic (exact) mass is 387 g/mol. The molecule has 1 aliphatic heterocycles. The van der Waals surface area contributed by atoms with Crippen molar-refractivity contribution in [2.24, 2.45) is 0 Å². The first-order valence-electron chi connectivity index (χ1n) is 9.10. The first kappa shape index (κ1) is 20.9. The molecule has 0 aliphatic carbocycles. The SMILES string of the molecule is CCCS(=O)(=O)c1ncc(CN(C)CC(=O)OCC)n1C[C@H]1CCCO1. The van der Waals surface area contributed by atoms with E-state index in [0.717, 1.165) is 18.5 Å². The first-order valence-corrected chi connectivity index (χ1v) is 10.8. The molecule has 0 unspecified atom stereocenters. The minimum atomic E-state index is -3.44. The lowest BCUT2D eigenvalue weighted by Gasteiger charge is -2.19. The number of carbonyl (C=O) groups is 1. The van der Waals surface area contributed by atoms with Crippen LogP contribution >= 0.6 is 0 Å². The summed E-state index contributed by atoms with van der Waals surface area (Å²) in [6, 6.07) is 0. The highest BCUT2D eigenvalue weighted by atomic mass is 32.2. The maximum absolute atomic E-state index is 12.6. The number of ether oxygens (including phenoxy) is 2. The van der Waals surface area contributed by atoms with Crippen LogP contribution in [0, 0.1) is 0 Å². The summed E-state index contributed by atoms with van der Waals surface area (Å²) >= 11 is 0. The van der Waals surface area contributed by atoms with Crippen molar-refractivity contribution in [2.75, 3.05) is 32.6 Å². The molecule has 0 bridgehead atoms. The Kier molecular flexibility index (Phi) is 7.60. The summed E-state index contributed by atoms with van der Waals surface area (Å²) in [5, 5.41) is 0.0920. The summed E-state index contributed by atoms with van der Waals surface area (Å²) in [4.78, 5) is 17.6. The molecule has 1 atom stereocenters. The minimum absolute atomic E-state index is 0.00566. The van der Waals surface area contributed by atoms with Crippen molar-refractivity contribution < 1.29 is 22.7 Å². The Morgan fingerprint density at radius 1 is 1.46 bits per heavy atom. The molecule has 148 valence electrons. The molecule has 1 aromatic heterocycles. The van der Waals surface area contributed by atoms with Crippen LogP contribution in [0.25, 0.3) is 0 Å². The number of rotatable bonds is 10. The number of likely N-dealkylation sites (N-methyl/N-ethyl adjacent to an activating group) is 1. The van der Waals surface area contributed by atoms with Gasteiger partial charge in [-0.3, -0.25) is 9.69 Å². The molecular weight excluding hydrogens is 358 g/mol. The van der Waals surface area contributed by atoms with Crippen LogP contribution in [-0.2, 0) is 37.2 Å². The Bertz CT molecular complexity index is 695. The Morgan fingerprint density at radius 2 is 2.23 bits per heavy atom. The van der Waals surface area contributed by atoms with Gasteiger partial charge in [0.15, 0.2) is 0 Å². The molecule has 0 radical (unpaired) electrons. The van der Waals surface area contributed by atoms with E-state index in [1.54, 1.807) is 29.6 Å². The van der Waals surface area contributed by atoms with Gasteiger partial charge in [0.05, 0.1) is 43.4 Å². The molecule has 1 aliphatic rings. The molecular formula is C17H29N3O5S. The Hall–Kier alpha value is -1.45. The summed E-state index contributed by atoms with van der Waals surface area (Å²) < 4.78 is 37.5.